The van der Waals surface area contributed by atoms with Crippen LogP contribution in [0.15, 0.2) is 42.7 Å². The maximum atomic E-state index is 5.91. The Morgan fingerprint density at radius 3 is 2.36 bits per heavy atom. The molecule has 0 bridgehead atoms. The van der Waals surface area contributed by atoms with Gasteiger partial charge < -0.3 is 0 Å². The first-order valence-corrected chi connectivity index (χ1v) is 4.27. The molecule has 0 saturated carbocycles. The largest absolute Gasteiger partial charge is 0.256 e. The first kappa shape index (κ1) is 11.0. The van der Waals surface area contributed by atoms with Crippen LogP contribution >= 0.6 is 24.0 Å². The van der Waals surface area contributed by atoms with E-state index in [1.54, 1.807) is 12.4 Å². The quantitative estimate of drug-likeness (QED) is 0.699. The molecule has 0 aromatic carbocycles. The summed E-state index contributed by atoms with van der Waals surface area (Å²) in [6, 6.07) is 9.44. The second kappa shape index (κ2) is 4.94. The number of aromatic nitrogens is 2. The highest BCUT2D eigenvalue weighted by Crippen LogP contribution is 2.22. The van der Waals surface area contributed by atoms with Crippen LogP contribution in [0.4, 0.5) is 0 Å². The number of hydrogen-bond acceptors (Lipinski definition) is 2. The molecule has 2 rings (SSSR count). The zero-order valence-electron chi connectivity index (χ0n) is 7.22. The van der Waals surface area contributed by atoms with Gasteiger partial charge in [0, 0.05) is 18.0 Å². The average molecular weight is 227 g/mol. The van der Waals surface area contributed by atoms with Crippen LogP contribution in [0.5, 0.6) is 0 Å². The van der Waals surface area contributed by atoms with E-state index in [2.05, 4.69) is 9.97 Å². The summed E-state index contributed by atoms with van der Waals surface area (Å²) in [4.78, 5) is 8.17. The van der Waals surface area contributed by atoms with Crippen molar-refractivity contribution in [3.63, 3.8) is 0 Å². The van der Waals surface area contributed by atoms with Gasteiger partial charge in [-0.25, -0.2) is 4.98 Å². The molecule has 0 radical (unpaired) electrons. The summed E-state index contributed by atoms with van der Waals surface area (Å²) in [6.45, 7) is 0. The van der Waals surface area contributed by atoms with Gasteiger partial charge in [0.05, 0.1) is 5.69 Å². The van der Waals surface area contributed by atoms with Gasteiger partial charge in [0.15, 0.2) is 0 Å². The zero-order chi connectivity index (χ0) is 9.10. The van der Waals surface area contributed by atoms with E-state index in [1.165, 1.54) is 0 Å². The van der Waals surface area contributed by atoms with Gasteiger partial charge in [0.2, 0.25) is 0 Å². The number of hydrogen-bond donors (Lipinski definition) is 0. The summed E-state index contributed by atoms with van der Waals surface area (Å²) in [5, 5.41) is 0.487. The van der Waals surface area contributed by atoms with Crippen LogP contribution in [0.2, 0.25) is 5.15 Å². The molecule has 0 atom stereocenters. The molecular formula is C10H8Cl2N2. The fraction of sp³-hybridized carbons (Fsp3) is 0. The van der Waals surface area contributed by atoms with E-state index in [0.29, 0.717) is 5.15 Å². The van der Waals surface area contributed by atoms with Crippen molar-refractivity contribution in [2.75, 3.05) is 0 Å². The Morgan fingerprint density at radius 1 is 0.929 bits per heavy atom. The van der Waals surface area contributed by atoms with Gasteiger partial charge >= 0.3 is 0 Å². The molecule has 2 aromatic rings. The summed E-state index contributed by atoms with van der Waals surface area (Å²) in [5.74, 6) is 0. The van der Waals surface area contributed by atoms with E-state index in [9.17, 15) is 0 Å². The molecular weight excluding hydrogens is 219 g/mol. The Balaban J connectivity index is 0.000000980. The molecule has 0 spiro atoms. The maximum absolute atomic E-state index is 5.91. The number of rotatable bonds is 1. The molecule has 0 aliphatic carbocycles. The molecule has 0 N–H and O–H groups in total. The fourth-order valence-corrected chi connectivity index (χ4v) is 1.32. The number of pyridine rings is 2. The highest BCUT2D eigenvalue weighted by Gasteiger charge is 2.02. The maximum Gasteiger partial charge on any atom is 0.138 e. The fourth-order valence-electron chi connectivity index (χ4n) is 1.10. The van der Waals surface area contributed by atoms with Crippen LogP contribution in [0.3, 0.4) is 0 Å². The van der Waals surface area contributed by atoms with Crippen LogP contribution in [-0.2, 0) is 0 Å². The molecule has 72 valence electrons. The van der Waals surface area contributed by atoms with E-state index >= 15 is 0 Å². The molecule has 2 nitrogen and oxygen atoms in total. The minimum Gasteiger partial charge on any atom is -0.256 e. The van der Waals surface area contributed by atoms with Gasteiger partial charge in [-0.05, 0) is 24.3 Å². The van der Waals surface area contributed by atoms with Crippen molar-refractivity contribution < 1.29 is 0 Å². The van der Waals surface area contributed by atoms with E-state index < -0.39 is 0 Å². The summed E-state index contributed by atoms with van der Waals surface area (Å²) in [5.41, 5.74) is 1.71. The van der Waals surface area contributed by atoms with E-state index in [0.717, 1.165) is 11.3 Å². The molecule has 0 unspecified atom stereocenters. The van der Waals surface area contributed by atoms with Crippen molar-refractivity contribution in [3.8, 4) is 11.3 Å². The van der Waals surface area contributed by atoms with Crippen LogP contribution in [0.1, 0.15) is 0 Å². The van der Waals surface area contributed by atoms with E-state index in [-0.39, 0.29) is 12.4 Å². The lowest BCUT2D eigenvalue weighted by molar-refractivity contribution is 1.28. The molecule has 0 saturated heterocycles. The van der Waals surface area contributed by atoms with Crippen LogP contribution in [-0.4, -0.2) is 9.97 Å². The Labute approximate surface area is 93.4 Å². The highest BCUT2D eigenvalue weighted by molar-refractivity contribution is 6.31. The molecule has 0 fully saturated rings. The predicted molar refractivity (Wildman–Crippen MR) is 59.7 cm³/mol. The number of halogens is 2. The topological polar surface area (TPSA) is 25.8 Å². The first-order valence-electron chi connectivity index (χ1n) is 3.90. The molecule has 0 amide bonds. The molecule has 14 heavy (non-hydrogen) atoms. The normalized spacial score (nSPS) is 9.21. The second-order valence-corrected chi connectivity index (χ2v) is 2.91. The molecule has 4 heteroatoms. The lowest BCUT2D eigenvalue weighted by atomic mass is 10.2. The standard InChI is InChI=1S/C10H7ClN2.ClH/c11-10-8(4-3-7-13-10)9-5-1-2-6-12-9;/h1-7H;1H. The van der Waals surface area contributed by atoms with Crippen LogP contribution in [0.25, 0.3) is 11.3 Å². The smallest absolute Gasteiger partial charge is 0.138 e. The minimum atomic E-state index is 0. The zero-order valence-corrected chi connectivity index (χ0v) is 8.79. The molecule has 0 aliphatic rings. The Kier molecular flexibility index (Phi) is 3.86. The van der Waals surface area contributed by atoms with Crippen LogP contribution in [0, 0.1) is 0 Å². The van der Waals surface area contributed by atoms with Crippen LogP contribution < -0.4 is 0 Å². The van der Waals surface area contributed by atoms with Gasteiger partial charge in [0.25, 0.3) is 0 Å². The monoisotopic (exact) mass is 226 g/mol. The third kappa shape index (κ3) is 2.22. The summed E-state index contributed by atoms with van der Waals surface area (Å²) in [7, 11) is 0. The van der Waals surface area contributed by atoms with Crippen molar-refractivity contribution in [1.82, 2.24) is 9.97 Å². The highest BCUT2D eigenvalue weighted by atomic mass is 35.5. The van der Waals surface area contributed by atoms with Crippen molar-refractivity contribution in [3.05, 3.63) is 47.9 Å². The number of nitrogens with zero attached hydrogens (tertiary/aromatic N) is 2. The molecule has 0 aliphatic heterocycles. The van der Waals surface area contributed by atoms with Gasteiger partial charge in [-0.1, -0.05) is 17.7 Å². The van der Waals surface area contributed by atoms with Gasteiger partial charge in [-0.3, -0.25) is 4.98 Å². The molecule has 2 aromatic heterocycles. The van der Waals surface area contributed by atoms with Crippen molar-refractivity contribution in [2.45, 2.75) is 0 Å². The van der Waals surface area contributed by atoms with Crippen molar-refractivity contribution in [1.29, 1.82) is 0 Å². The Morgan fingerprint density at radius 2 is 1.71 bits per heavy atom. The van der Waals surface area contributed by atoms with Gasteiger partial charge in [0.1, 0.15) is 5.15 Å². The van der Waals surface area contributed by atoms with E-state index in [1.807, 2.05) is 30.3 Å². The summed E-state index contributed by atoms with van der Waals surface area (Å²) < 4.78 is 0. The van der Waals surface area contributed by atoms with Gasteiger partial charge in [-0.15, -0.1) is 12.4 Å². The summed E-state index contributed by atoms with van der Waals surface area (Å²) >= 11 is 5.91. The second-order valence-electron chi connectivity index (χ2n) is 2.56. The average Bonchev–Trinajstić information content (AvgIpc) is 2.20. The third-order valence-corrected chi connectivity index (χ3v) is 2.00. The van der Waals surface area contributed by atoms with Gasteiger partial charge in [-0.2, -0.15) is 0 Å². The minimum absolute atomic E-state index is 0. The third-order valence-electron chi connectivity index (χ3n) is 1.70. The Hall–Kier alpha value is -1.12. The van der Waals surface area contributed by atoms with Crippen molar-refractivity contribution in [2.24, 2.45) is 0 Å². The molecule has 2 heterocycles. The van der Waals surface area contributed by atoms with Crippen molar-refractivity contribution >= 4 is 24.0 Å². The summed E-state index contributed by atoms with van der Waals surface area (Å²) in [6.07, 6.45) is 3.40. The Bertz CT molecular complexity index is 404. The predicted octanol–water partition coefficient (Wildman–Crippen LogP) is 3.22. The first-order chi connectivity index (χ1) is 6.38. The lowest BCUT2D eigenvalue weighted by Gasteiger charge is -2.00. The lowest BCUT2D eigenvalue weighted by Crippen LogP contribution is -1.84. The van der Waals surface area contributed by atoms with E-state index in [4.69, 9.17) is 11.6 Å². The SMILES string of the molecule is Cl.Clc1ncccc1-c1ccccn1.